The van der Waals surface area contributed by atoms with Gasteiger partial charge in [0.1, 0.15) is 0 Å². The van der Waals surface area contributed by atoms with Gasteiger partial charge in [0.15, 0.2) is 5.11 Å². The Hall–Kier alpha value is -1.09. The van der Waals surface area contributed by atoms with E-state index in [2.05, 4.69) is 42.7 Å². The topological polar surface area (TPSA) is 24.1 Å². The van der Waals surface area contributed by atoms with E-state index in [-0.39, 0.29) is 0 Å². The summed E-state index contributed by atoms with van der Waals surface area (Å²) in [6.45, 7) is 4.23. The molecule has 2 aliphatic carbocycles. The Kier molecular flexibility index (Phi) is 3.48. The molecular weight excluding hydrogens is 252 g/mol. The Morgan fingerprint density at radius 2 is 2.05 bits per heavy atom. The average molecular weight is 274 g/mol. The van der Waals surface area contributed by atoms with Gasteiger partial charge in [-0.15, -0.1) is 0 Å². The SMILES string of the molecule is Cc1ccc(NC(=S)NC2CC3CCC2C3)c(C)c1. The zero-order valence-corrected chi connectivity index (χ0v) is 12.5. The Bertz CT molecular complexity index is 498. The first-order valence-corrected chi connectivity index (χ1v) is 7.67. The Morgan fingerprint density at radius 1 is 1.21 bits per heavy atom. The summed E-state index contributed by atoms with van der Waals surface area (Å²) in [6.07, 6.45) is 5.53. The van der Waals surface area contributed by atoms with Crippen molar-refractivity contribution in [2.24, 2.45) is 11.8 Å². The summed E-state index contributed by atoms with van der Waals surface area (Å²) >= 11 is 5.46. The van der Waals surface area contributed by atoms with E-state index in [4.69, 9.17) is 12.2 Å². The quantitative estimate of drug-likeness (QED) is 0.803. The number of hydrogen-bond donors (Lipinski definition) is 2. The van der Waals surface area contributed by atoms with Crippen molar-refractivity contribution >= 4 is 23.0 Å². The number of anilines is 1. The first-order valence-electron chi connectivity index (χ1n) is 7.26. The molecule has 3 atom stereocenters. The normalized spacial score (nSPS) is 28.4. The summed E-state index contributed by atoms with van der Waals surface area (Å²) in [6, 6.07) is 7.02. The highest BCUT2D eigenvalue weighted by Crippen LogP contribution is 2.44. The molecule has 1 aromatic carbocycles. The molecule has 3 unspecified atom stereocenters. The fourth-order valence-corrected chi connectivity index (χ4v) is 3.96. The minimum absolute atomic E-state index is 0.601. The van der Waals surface area contributed by atoms with E-state index in [1.807, 2.05) is 0 Å². The molecule has 0 aliphatic heterocycles. The van der Waals surface area contributed by atoms with E-state index in [1.165, 1.54) is 36.8 Å². The van der Waals surface area contributed by atoms with E-state index in [9.17, 15) is 0 Å². The first-order chi connectivity index (χ1) is 9.11. The molecule has 0 heterocycles. The van der Waals surface area contributed by atoms with E-state index < -0.39 is 0 Å². The number of aryl methyl sites for hydroxylation is 2. The maximum absolute atomic E-state index is 5.46. The van der Waals surface area contributed by atoms with Crippen molar-refractivity contribution in [3.05, 3.63) is 29.3 Å². The predicted octanol–water partition coefficient (Wildman–Crippen LogP) is 3.78. The molecule has 1 aromatic rings. The molecule has 0 saturated heterocycles. The van der Waals surface area contributed by atoms with Gasteiger partial charge in [0.2, 0.25) is 0 Å². The van der Waals surface area contributed by atoms with Gasteiger partial charge >= 0.3 is 0 Å². The standard InChI is InChI=1S/C16H22N2S/c1-10-3-6-14(11(2)7-10)17-16(19)18-15-9-12-4-5-13(15)8-12/h3,6-7,12-13,15H,4-5,8-9H2,1-2H3,(H2,17,18,19). The van der Waals surface area contributed by atoms with Crippen LogP contribution in [0.25, 0.3) is 0 Å². The van der Waals surface area contributed by atoms with Crippen molar-refractivity contribution in [1.29, 1.82) is 0 Å². The van der Waals surface area contributed by atoms with Gasteiger partial charge in [-0.3, -0.25) is 0 Å². The summed E-state index contributed by atoms with van der Waals surface area (Å²) in [4.78, 5) is 0. The lowest BCUT2D eigenvalue weighted by Gasteiger charge is -2.25. The smallest absolute Gasteiger partial charge is 0.171 e. The molecule has 19 heavy (non-hydrogen) atoms. The zero-order chi connectivity index (χ0) is 13.4. The largest absolute Gasteiger partial charge is 0.359 e. The molecule has 0 amide bonds. The van der Waals surface area contributed by atoms with Crippen molar-refractivity contribution in [1.82, 2.24) is 5.32 Å². The van der Waals surface area contributed by atoms with Crippen molar-refractivity contribution < 1.29 is 0 Å². The molecule has 2 nitrogen and oxygen atoms in total. The minimum Gasteiger partial charge on any atom is -0.359 e. The second-order valence-corrected chi connectivity index (χ2v) is 6.61. The van der Waals surface area contributed by atoms with Crippen LogP contribution in [0.4, 0.5) is 5.69 Å². The molecular formula is C16H22N2S. The van der Waals surface area contributed by atoms with Gasteiger partial charge in [-0.05, 0) is 68.8 Å². The molecule has 102 valence electrons. The van der Waals surface area contributed by atoms with Gasteiger partial charge in [0.25, 0.3) is 0 Å². The van der Waals surface area contributed by atoms with Crippen LogP contribution in [0.2, 0.25) is 0 Å². The second-order valence-electron chi connectivity index (χ2n) is 6.20. The van der Waals surface area contributed by atoms with Gasteiger partial charge < -0.3 is 10.6 Å². The number of benzene rings is 1. The highest BCUT2D eigenvalue weighted by Gasteiger charge is 2.39. The minimum atomic E-state index is 0.601. The van der Waals surface area contributed by atoms with Crippen molar-refractivity contribution in [2.45, 2.75) is 45.6 Å². The van der Waals surface area contributed by atoms with Gasteiger partial charge in [0.05, 0.1) is 0 Å². The van der Waals surface area contributed by atoms with Crippen LogP contribution in [-0.4, -0.2) is 11.2 Å². The molecule has 2 aliphatic rings. The molecule has 2 saturated carbocycles. The van der Waals surface area contributed by atoms with Gasteiger partial charge in [-0.1, -0.05) is 24.1 Å². The number of rotatable bonds is 2. The summed E-state index contributed by atoms with van der Waals surface area (Å²) in [5.74, 6) is 1.80. The van der Waals surface area contributed by atoms with Crippen LogP contribution in [0.15, 0.2) is 18.2 Å². The lowest BCUT2D eigenvalue weighted by Crippen LogP contribution is -2.40. The maximum atomic E-state index is 5.46. The summed E-state index contributed by atoms with van der Waals surface area (Å²) in [5, 5.41) is 7.65. The number of hydrogen-bond acceptors (Lipinski definition) is 1. The van der Waals surface area contributed by atoms with Crippen LogP contribution < -0.4 is 10.6 Å². The van der Waals surface area contributed by atoms with E-state index >= 15 is 0 Å². The van der Waals surface area contributed by atoms with Crippen molar-refractivity contribution in [3.8, 4) is 0 Å². The van der Waals surface area contributed by atoms with E-state index in [0.717, 1.165) is 22.6 Å². The molecule has 3 rings (SSSR count). The molecule has 2 bridgehead atoms. The van der Waals surface area contributed by atoms with Crippen LogP contribution in [0, 0.1) is 25.7 Å². The van der Waals surface area contributed by atoms with Gasteiger partial charge in [-0.2, -0.15) is 0 Å². The van der Waals surface area contributed by atoms with Crippen LogP contribution >= 0.6 is 12.2 Å². The summed E-state index contributed by atoms with van der Waals surface area (Å²) < 4.78 is 0. The molecule has 0 radical (unpaired) electrons. The molecule has 0 spiro atoms. The zero-order valence-electron chi connectivity index (χ0n) is 11.7. The highest BCUT2D eigenvalue weighted by molar-refractivity contribution is 7.80. The van der Waals surface area contributed by atoms with Crippen LogP contribution in [0.3, 0.4) is 0 Å². The third kappa shape index (κ3) is 2.76. The van der Waals surface area contributed by atoms with Gasteiger partial charge in [-0.25, -0.2) is 0 Å². The lowest BCUT2D eigenvalue weighted by atomic mass is 9.95. The van der Waals surface area contributed by atoms with Gasteiger partial charge in [0, 0.05) is 11.7 Å². The molecule has 2 fully saturated rings. The fraction of sp³-hybridized carbons (Fsp3) is 0.562. The Balaban J connectivity index is 1.59. The third-order valence-electron chi connectivity index (χ3n) is 4.68. The summed E-state index contributed by atoms with van der Waals surface area (Å²) in [7, 11) is 0. The van der Waals surface area contributed by atoms with Crippen LogP contribution in [-0.2, 0) is 0 Å². The monoisotopic (exact) mass is 274 g/mol. The highest BCUT2D eigenvalue weighted by atomic mass is 32.1. The van der Waals surface area contributed by atoms with Crippen molar-refractivity contribution in [2.75, 3.05) is 5.32 Å². The fourth-order valence-electron chi connectivity index (χ4n) is 3.70. The number of fused-ring (bicyclic) bond motifs is 2. The molecule has 3 heteroatoms. The van der Waals surface area contributed by atoms with Crippen molar-refractivity contribution in [3.63, 3.8) is 0 Å². The molecule has 0 aromatic heterocycles. The number of thiocarbonyl (C=S) groups is 1. The Labute approximate surface area is 121 Å². The second kappa shape index (κ2) is 5.12. The summed E-state index contributed by atoms with van der Waals surface area (Å²) in [5.41, 5.74) is 3.65. The van der Waals surface area contributed by atoms with Crippen LogP contribution in [0.1, 0.15) is 36.8 Å². The predicted molar refractivity (Wildman–Crippen MR) is 84.5 cm³/mol. The third-order valence-corrected chi connectivity index (χ3v) is 4.90. The average Bonchev–Trinajstić information content (AvgIpc) is 2.95. The lowest BCUT2D eigenvalue weighted by molar-refractivity contribution is 0.392. The van der Waals surface area contributed by atoms with Crippen LogP contribution in [0.5, 0.6) is 0 Å². The maximum Gasteiger partial charge on any atom is 0.171 e. The first kappa shape index (κ1) is 12.9. The van der Waals surface area contributed by atoms with E-state index in [1.54, 1.807) is 0 Å². The Morgan fingerprint density at radius 3 is 2.68 bits per heavy atom. The molecule has 2 N–H and O–H groups in total. The number of nitrogens with one attached hydrogen (secondary N) is 2. The van der Waals surface area contributed by atoms with E-state index in [0.29, 0.717) is 6.04 Å².